The van der Waals surface area contributed by atoms with Crippen molar-refractivity contribution in [2.45, 2.75) is 19.4 Å². The normalized spacial score (nSPS) is 12.9. The first-order valence-electron chi connectivity index (χ1n) is 5.89. The highest BCUT2D eigenvalue weighted by Crippen LogP contribution is 2.18. The predicted octanol–water partition coefficient (Wildman–Crippen LogP) is 2.41. The zero-order chi connectivity index (χ0) is 12.3. The molecule has 2 aromatic rings. The number of imidazole rings is 1. The second-order valence-corrected chi connectivity index (χ2v) is 4.31. The molecule has 0 fully saturated rings. The van der Waals surface area contributed by atoms with Crippen molar-refractivity contribution >= 4 is 17.0 Å². The summed E-state index contributed by atoms with van der Waals surface area (Å²) in [7, 11) is 3.75. The Balaban J connectivity index is 2.16. The highest BCUT2D eigenvalue weighted by molar-refractivity contribution is 5.78. The van der Waals surface area contributed by atoms with E-state index in [1.807, 2.05) is 25.2 Å². The minimum Gasteiger partial charge on any atom is -0.385 e. The first kappa shape index (κ1) is 11.9. The second-order valence-electron chi connectivity index (χ2n) is 4.31. The number of nitrogens with zero attached hydrogens (tertiary/aromatic N) is 2. The third-order valence-corrected chi connectivity index (χ3v) is 2.92. The number of aryl methyl sites for hydroxylation is 1. The molecule has 2 rings (SSSR count). The molecule has 0 saturated carbocycles. The molecule has 0 amide bonds. The number of anilines is 1. The lowest BCUT2D eigenvalue weighted by molar-refractivity contribution is 0.191. The molecule has 0 aliphatic carbocycles. The molecule has 1 heterocycles. The van der Waals surface area contributed by atoms with E-state index < -0.39 is 0 Å². The Labute approximate surface area is 102 Å². The molecular weight excluding hydrogens is 214 g/mol. The van der Waals surface area contributed by atoms with Crippen LogP contribution in [0.2, 0.25) is 0 Å². The summed E-state index contributed by atoms with van der Waals surface area (Å²) in [6.07, 6.45) is 0.972. The molecule has 4 heteroatoms. The first-order valence-corrected chi connectivity index (χ1v) is 5.89. The van der Waals surface area contributed by atoms with Crippen molar-refractivity contribution in [1.82, 2.24) is 9.55 Å². The zero-order valence-corrected chi connectivity index (χ0v) is 10.6. The van der Waals surface area contributed by atoms with E-state index in [1.54, 1.807) is 7.11 Å². The Bertz CT molecular complexity index is 492. The van der Waals surface area contributed by atoms with E-state index in [9.17, 15) is 0 Å². The summed E-state index contributed by atoms with van der Waals surface area (Å²) in [5, 5.41) is 3.41. The molecule has 4 nitrogen and oxygen atoms in total. The number of para-hydroxylation sites is 2. The molecule has 0 saturated heterocycles. The maximum Gasteiger partial charge on any atom is 0.203 e. The molecule has 1 aromatic carbocycles. The minimum atomic E-state index is 0.352. The fraction of sp³-hybridized carbons (Fsp3) is 0.462. The van der Waals surface area contributed by atoms with Gasteiger partial charge in [0.25, 0.3) is 0 Å². The number of hydrogen-bond acceptors (Lipinski definition) is 3. The number of rotatable bonds is 5. The van der Waals surface area contributed by atoms with Crippen molar-refractivity contribution in [3.63, 3.8) is 0 Å². The van der Waals surface area contributed by atoms with Crippen LogP contribution in [0.25, 0.3) is 11.0 Å². The molecule has 1 unspecified atom stereocenters. The molecule has 1 N–H and O–H groups in total. The SMILES string of the molecule is COCCC(C)Nc1nc2ccccc2n1C. The number of fused-ring (bicyclic) bond motifs is 1. The van der Waals surface area contributed by atoms with Gasteiger partial charge in [-0.3, -0.25) is 0 Å². The summed E-state index contributed by atoms with van der Waals surface area (Å²) >= 11 is 0. The second kappa shape index (κ2) is 5.19. The van der Waals surface area contributed by atoms with E-state index in [0.29, 0.717) is 6.04 Å². The van der Waals surface area contributed by atoms with Gasteiger partial charge in [0.05, 0.1) is 11.0 Å². The van der Waals surface area contributed by atoms with Crippen molar-refractivity contribution in [3.8, 4) is 0 Å². The van der Waals surface area contributed by atoms with Gasteiger partial charge in [0.15, 0.2) is 0 Å². The molecule has 0 aliphatic rings. The van der Waals surface area contributed by atoms with E-state index in [0.717, 1.165) is 30.0 Å². The maximum atomic E-state index is 5.07. The van der Waals surface area contributed by atoms with Crippen LogP contribution in [0.5, 0.6) is 0 Å². The van der Waals surface area contributed by atoms with Crippen LogP contribution in [-0.2, 0) is 11.8 Å². The largest absolute Gasteiger partial charge is 0.385 e. The van der Waals surface area contributed by atoms with Crippen LogP contribution in [0.4, 0.5) is 5.95 Å². The summed E-state index contributed by atoms with van der Waals surface area (Å²) in [4.78, 5) is 4.57. The van der Waals surface area contributed by atoms with Crippen LogP contribution in [0.1, 0.15) is 13.3 Å². The number of nitrogens with one attached hydrogen (secondary N) is 1. The average molecular weight is 233 g/mol. The van der Waals surface area contributed by atoms with Crippen LogP contribution in [0.3, 0.4) is 0 Å². The molecule has 0 aliphatic heterocycles. The number of methoxy groups -OCH3 is 1. The van der Waals surface area contributed by atoms with Gasteiger partial charge in [-0.25, -0.2) is 4.98 Å². The molecule has 0 spiro atoms. The topological polar surface area (TPSA) is 39.1 Å². The van der Waals surface area contributed by atoms with Gasteiger partial charge < -0.3 is 14.6 Å². The number of ether oxygens (including phenoxy) is 1. The molecular formula is C13H19N3O. The lowest BCUT2D eigenvalue weighted by Gasteiger charge is -2.13. The van der Waals surface area contributed by atoms with E-state index in [1.165, 1.54) is 0 Å². The fourth-order valence-electron chi connectivity index (χ4n) is 1.86. The van der Waals surface area contributed by atoms with Crippen LogP contribution in [0.15, 0.2) is 24.3 Å². The Hall–Kier alpha value is -1.55. The minimum absolute atomic E-state index is 0.352. The average Bonchev–Trinajstić information content (AvgIpc) is 2.64. The monoisotopic (exact) mass is 233 g/mol. The van der Waals surface area contributed by atoms with E-state index in [4.69, 9.17) is 4.74 Å². The first-order chi connectivity index (χ1) is 8.22. The van der Waals surface area contributed by atoms with E-state index >= 15 is 0 Å². The van der Waals surface area contributed by atoms with Gasteiger partial charge in [-0.2, -0.15) is 0 Å². The third-order valence-electron chi connectivity index (χ3n) is 2.92. The third kappa shape index (κ3) is 2.58. The van der Waals surface area contributed by atoms with Gasteiger partial charge in [0.1, 0.15) is 0 Å². The summed E-state index contributed by atoms with van der Waals surface area (Å²) in [6, 6.07) is 8.49. The summed E-state index contributed by atoms with van der Waals surface area (Å²) < 4.78 is 7.15. The van der Waals surface area contributed by atoms with Crippen LogP contribution < -0.4 is 5.32 Å². The summed E-state index contributed by atoms with van der Waals surface area (Å²) in [5.74, 6) is 0.912. The summed E-state index contributed by atoms with van der Waals surface area (Å²) in [5.41, 5.74) is 2.17. The van der Waals surface area contributed by atoms with Crippen molar-refractivity contribution in [3.05, 3.63) is 24.3 Å². The Kier molecular flexibility index (Phi) is 3.64. The number of aromatic nitrogens is 2. The summed E-state index contributed by atoms with van der Waals surface area (Å²) in [6.45, 7) is 2.90. The van der Waals surface area contributed by atoms with Crippen LogP contribution in [0, 0.1) is 0 Å². The van der Waals surface area contributed by atoms with Gasteiger partial charge in [-0.15, -0.1) is 0 Å². The van der Waals surface area contributed by atoms with Gasteiger partial charge in [0.2, 0.25) is 5.95 Å². The van der Waals surface area contributed by atoms with Gasteiger partial charge in [-0.05, 0) is 25.5 Å². The van der Waals surface area contributed by atoms with Crippen molar-refractivity contribution < 1.29 is 4.74 Å². The number of benzene rings is 1. The molecule has 0 radical (unpaired) electrons. The molecule has 92 valence electrons. The number of hydrogen-bond donors (Lipinski definition) is 1. The smallest absolute Gasteiger partial charge is 0.203 e. The lowest BCUT2D eigenvalue weighted by Crippen LogP contribution is -2.19. The molecule has 0 bridgehead atoms. The van der Waals surface area contributed by atoms with Crippen molar-refractivity contribution in [1.29, 1.82) is 0 Å². The Morgan fingerprint density at radius 3 is 2.88 bits per heavy atom. The Morgan fingerprint density at radius 2 is 2.18 bits per heavy atom. The van der Waals surface area contributed by atoms with Gasteiger partial charge in [-0.1, -0.05) is 12.1 Å². The fourth-order valence-corrected chi connectivity index (χ4v) is 1.86. The van der Waals surface area contributed by atoms with E-state index in [2.05, 4.69) is 27.9 Å². The van der Waals surface area contributed by atoms with Crippen molar-refractivity contribution in [2.75, 3.05) is 19.0 Å². The van der Waals surface area contributed by atoms with Gasteiger partial charge >= 0.3 is 0 Å². The predicted molar refractivity (Wildman–Crippen MR) is 70.3 cm³/mol. The van der Waals surface area contributed by atoms with Gasteiger partial charge in [0, 0.05) is 26.8 Å². The van der Waals surface area contributed by atoms with E-state index in [-0.39, 0.29) is 0 Å². The highest BCUT2D eigenvalue weighted by Gasteiger charge is 2.09. The molecule has 17 heavy (non-hydrogen) atoms. The van der Waals surface area contributed by atoms with Crippen LogP contribution in [-0.4, -0.2) is 29.3 Å². The van der Waals surface area contributed by atoms with Crippen LogP contribution >= 0.6 is 0 Å². The van der Waals surface area contributed by atoms with Crippen molar-refractivity contribution in [2.24, 2.45) is 7.05 Å². The standard InChI is InChI=1S/C13H19N3O/c1-10(8-9-17-3)14-13-15-11-6-4-5-7-12(11)16(13)2/h4-7,10H,8-9H2,1-3H3,(H,14,15). The quantitative estimate of drug-likeness (QED) is 0.862. The molecule has 1 atom stereocenters. The Morgan fingerprint density at radius 1 is 1.41 bits per heavy atom. The maximum absolute atomic E-state index is 5.07. The molecule has 1 aromatic heterocycles. The lowest BCUT2D eigenvalue weighted by atomic mass is 10.2. The zero-order valence-electron chi connectivity index (χ0n) is 10.6. The highest BCUT2D eigenvalue weighted by atomic mass is 16.5.